The fourth-order valence-electron chi connectivity index (χ4n) is 1.61. The van der Waals surface area contributed by atoms with Crippen LogP contribution in [0.25, 0.3) is 0 Å². The molecule has 6 nitrogen and oxygen atoms in total. The number of carbonyl (C=O) groups excluding carboxylic acids is 1. The van der Waals surface area contributed by atoms with Crippen molar-refractivity contribution in [2.75, 3.05) is 12.3 Å². The van der Waals surface area contributed by atoms with Crippen LogP contribution in [-0.4, -0.2) is 33.0 Å². The summed E-state index contributed by atoms with van der Waals surface area (Å²) in [5.41, 5.74) is 5.63. The van der Waals surface area contributed by atoms with E-state index < -0.39 is 0 Å². The second kappa shape index (κ2) is 5.50. The normalized spacial score (nSPS) is 14.9. The van der Waals surface area contributed by atoms with Crippen LogP contribution in [0.15, 0.2) is 5.16 Å². The van der Waals surface area contributed by atoms with Crippen molar-refractivity contribution in [1.82, 2.24) is 20.1 Å². The minimum absolute atomic E-state index is 0.00286. The van der Waals surface area contributed by atoms with E-state index in [0.29, 0.717) is 19.1 Å². The van der Waals surface area contributed by atoms with Crippen LogP contribution in [0.2, 0.25) is 0 Å². The molecule has 1 aromatic heterocycles. The highest BCUT2D eigenvalue weighted by Gasteiger charge is 2.28. The number of thioether (sulfide) groups is 1. The maximum Gasteiger partial charge on any atom is 0.216 e. The number of nitrogens with one attached hydrogen (secondary N) is 1. The Labute approximate surface area is 104 Å². The van der Waals surface area contributed by atoms with Crippen LogP contribution in [0, 0.1) is 0 Å². The summed E-state index contributed by atoms with van der Waals surface area (Å²) < 4.78 is 2.14. The lowest BCUT2D eigenvalue weighted by molar-refractivity contribution is -0.118. The van der Waals surface area contributed by atoms with Crippen molar-refractivity contribution in [1.29, 1.82) is 0 Å². The molecule has 0 unspecified atom stereocenters. The summed E-state index contributed by atoms with van der Waals surface area (Å²) in [7, 11) is 0. The Kier molecular flexibility index (Phi) is 4.01. The largest absolute Gasteiger partial charge is 0.356 e. The zero-order chi connectivity index (χ0) is 12.3. The Morgan fingerprint density at radius 3 is 2.94 bits per heavy atom. The molecule has 0 aliphatic heterocycles. The van der Waals surface area contributed by atoms with Gasteiger partial charge < -0.3 is 15.6 Å². The van der Waals surface area contributed by atoms with Crippen LogP contribution < -0.4 is 11.1 Å². The lowest BCUT2D eigenvalue weighted by Crippen LogP contribution is -2.22. The van der Waals surface area contributed by atoms with Gasteiger partial charge in [0.05, 0.1) is 6.54 Å². The average molecular weight is 255 g/mol. The van der Waals surface area contributed by atoms with Crippen LogP contribution in [0.4, 0.5) is 0 Å². The minimum atomic E-state index is -0.00286. The van der Waals surface area contributed by atoms with Crippen LogP contribution >= 0.6 is 11.8 Å². The minimum Gasteiger partial charge on any atom is -0.356 e. The monoisotopic (exact) mass is 255 g/mol. The van der Waals surface area contributed by atoms with E-state index in [2.05, 4.69) is 20.1 Å². The van der Waals surface area contributed by atoms with Crippen LogP contribution in [-0.2, 0) is 11.3 Å². The third kappa shape index (κ3) is 3.19. The molecule has 1 fully saturated rings. The van der Waals surface area contributed by atoms with E-state index in [-0.39, 0.29) is 5.91 Å². The van der Waals surface area contributed by atoms with E-state index in [1.165, 1.54) is 19.8 Å². The Balaban J connectivity index is 1.91. The van der Waals surface area contributed by atoms with Crippen molar-refractivity contribution in [3.63, 3.8) is 0 Å². The molecular weight excluding hydrogens is 238 g/mol. The highest BCUT2D eigenvalue weighted by atomic mass is 32.2. The zero-order valence-corrected chi connectivity index (χ0v) is 10.7. The molecule has 0 saturated heterocycles. The molecule has 0 radical (unpaired) electrons. The number of carbonyl (C=O) groups is 1. The molecule has 3 N–H and O–H groups in total. The van der Waals surface area contributed by atoms with Gasteiger partial charge in [0.1, 0.15) is 5.82 Å². The number of nitrogens with zero attached hydrogens (tertiary/aromatic N) is 3. The zero-order valence-electron chi connectivity index (χ0n) is 9.85. The Hall–Kier alpha value is -1.08. The molecule has 0 aromatic carbocycles. The van der Waals surface area contributed by atoms with Crippen molar-refractivity contribution in [3.05, 3.63) is 5.82 Å². The maximum absolute atomic E-state index is 10.7. The highest BCUT2D eigenvalue weighted by Crippen LogP contribution is 2.38. The quantitative estimate of drug-likeness (QED) is 0.564. The highest BCUT2D eigenvalue weighted by molar-refractivity contribution is 7.99. The van der Waals surface area contributed by atoms with Gasteiger partial charge >= 0.3 is 0 Å². The molecule has 1 saturated carbocycles. The molecule has 0 bridgehead atoms. The Morgan fingerprint density at radius 1 is 1.59 bits per heavy atom. The lowest BCUT2D eigenvalue weighted by Gasteiger charge is -2.07. The van der Waals surface area contributed by atoms with E-state index in [9.17, 15) is 4.79 Å². The van der Waals surface area contributed by atoms with E-state index in [4.69, 9.17) is 5.73 Å². The third-order valence-electron chi connectivity index (χ3n) is 2.54. The Bertz CT molecular complexity index is 401. The van der Waals surface area contributed by atoms with Crippen molar-refractivity contribution in [2.24, 2.45) is 5.73 Å². The molecule has 94 valence electrons. The summed E-state index contributed by atoms with van der Waals surface area (Å²) in [5.74, 6) is 1.65. The molecule has 0 spiro atoms. The first-order chi connectivity index (χ1) is 8.22. The fourth-order valence-corrected chi connectivity index (χ4v) is 2.49. The number of hydrogen-bond acceptors (Lipinski definition) is 5. The summed E-state index contributed by atoms with van der Waals surface area (Å²) >= 11 is 1.61. The van der Waals surface area contributed by atoms with Gasteiger partial charge in [0, 0.05) is 25.3 Å². The van der Waals surface area contributed by atoms with Gasteiger partial charge in [-0.2, -0.15) is 0 Å². The summed E-state index contributed by atoms with van der Waals surface area (Å²) in [5, 5.41) is 11.9. The summed E-state index contributed by atoms with van der Waals surface area (Å²) in [6.07, 6.45) is 2.37. The van der Waals surface area contributed by atoms with Gasteiger partial charge in [-0.3, -0.25) is 4.79 Å². The molecule has 1 heterocycles. The molecule has 17 heavy (non-hydrogen) atoms. The number of amides is 1. The van der Waals surface area contributed by atoms with Crippen LogP contribution in [0.1, 0.15) is 31.6 Å². The SMILES string of the molecule is CC(=O)NCCSc1nnc(CN)n1C1CC1. The van der Waals surface area contributed by atoms with Crippen LogP contribution in [0.3, 0.4) is 0 Å². The average Bonchev–Trinajstić information content (AvgIpc) is 3.05. The number of rotatable bonds is 6. The molecule has 7 heteroatoms. The molecule has 0 atom stereocenters. The van der Waals surface area contributed by atoms with E-state index >= 15 is 0 Å². The standard InChI is InChI=1S/C10H17N5OS/c1-7(16)12-4-5-17-10-14-13-9(6-11)15(10)8-2-3-8/h8H,2-6,11H2,1H3,(H,12,16). The first-order valence-corrected chi connectivity index (χ1v) is 6.72. The van der Waals surface area contributed by atoms with E-state index in [1.54, 1.807) is 11.8 Å². The summed E-state index contributed by atoms with van der Waals surface area (Å²) in [4.78, 5) is 10.7. The van der Waals surface area contributed by atoms with Gasteiger partial charge in [0.2, 0.25) is 5.91 Å². The third-order valence-corrected chi connectivity index (χ3v) is 3.48. The second-order valence-corrected chi connectivity index (χ2v) is 5.10. The maximum atomic E-state index is 10.7. The predicted molar refractivity (Wildman–Crippen MR) is 65.6 cm³/mol. The van der Waals surface area contributed by atoms with Crippen molar-refractivity contribution >= 4 is 17.7 Å². The first-order valence-electron chi connectivity index (χ1n) is 5.73. The van der Waals surface area contributed by atoms with Gasteiger partial charge in [0.15, 0.2) is 5.16 Å². The molecule has 1 aliphatic rings. The summed E-state index contributed by atoms with van der Waals surface area (Å²) in [6.45, 7) is 2.59. The van der Waals surface area contributed by atoms with Crippen LogP contribution in [0.5, 0.6) is 0 Å². The first kappa shape index (κ1) is 12.4. The smallest absolute Gasteiger partial charge is 0.216 e. The molecule has 1 aliphatic carbocycles. The summed E-state index contributed by atoms with van der Waals surface area (Å²) in [6, 6.07) is 0.534. The number of aromatic nitrogens is 3. The predicted octanol–water partition coefficient (Wildman–Crippen LogP) is 0.300. The molecule has 2 rings (SSSR count). The topological polar surface area (TPSA) is 85.8 Å². The number of hydrogen-bond donors (Lipinski definition) is 2. The van der Waals surface area contributed by atoms with E-state index in [1.807, 2.05) is 0 Å². The van der Waals surface area contributed by atoms with Gasteiger partial charge in [-0.15, -0.1) is 10.2 Å². The van der Waals surface area contributed by atoms with Crippen molar-refractivity contribution in [3.8, 4) is 0 Å². The molecule has 1 amide bonds. The second-order valence-electron chi connectivity index (χ2n) is 4.04. The molecule has 1 aromatic rings. The van der Waals surface area contributed by atoms with Crippen molar-refractivity contribution < 1.29 is 4.79 Å². The van der Waals surface area contributed by atoms with Gasteiger partial charge in [-0.25, -0.2) is 0 Å². The Morgan fingerprint density at radius 2 is 2.35 bits per heavy atom. The van der Waals surface area contributed by atoms with E-state index in [0.717, 1.165) is 16.7 Å². The van der Waals surface area contributed by atoms with Gasteiger partial charge in [0.25, 0.3) is 0 Å². The van der Waals surface area contributed by atoms with Crippen molar-refractivity contribution in [2.45, 2.75) is 37.5 Å². The lowest BCUT2D eigenvalue weighted by atomic mass is 10.5. The van der Waals surface area contributed by atoms with Gasteiger partial charge in [-0.1, -0.05) is 11.8 Å². The fraction of sp³-hybridized carbons (Fsp3) is 0.700. The number of nitrogens with two attached hydrogens (primary N) is 1. The van der Waals surface area contributed by atoms with Gasteiger partial charge in [-0.05, 0) is 12.8 Å². The molecular formula is C10H17N5OS.